The van der Waals surface area contributed by atoms with Crippen molar-refractivity contribution < 1.29 is 18.7 Å². The second kappa shape index (κ2) is 9.39. The Morgan fingerprint density at radius 1 is 1.08 bits per heavy atom. The van der Waals surface area contributed by atoms with Crippen LogP contribution < -0.4 is 20.1 Å². The highest BCUT2D eigenvalue weighted by atomic mass is 19.1. The molecule has 0 aliphatic heterocycles. The largest absolute Gasteiger partial charge is 0.495 e. The fourth-order valence-corrected chi connectivity index (χ4v) is 2.06. The molecule has 2 aromatic carbocycles. The van der Waals surface area contributed by atoms with Gasteiger partial charge in [0.05, 0.1) is 19.4 Å². The summed E-state index contributed by atoms with van der Waals surface area (Å²) in [5, 5.41) is 5.52. The average Bonchev–Trinajstić information content (AvgIpc) is 2.60. The van der Waals surface area contributed by atoms with Crippen LogP contribution in [0.25, 0.3) is 0 Å². The molecule has 0 aliphatic carbocycles. The number of halogens is 1. The molecular weight excluding hydrogens is 311 g/mol. The van der Waals surface area contributed by atoms with Crippen LogP contribution in [0.4, 0.5) is 14.9 Å². The monoisotopic (exact) mass is 332 g/mol. The Kier molecular flexibility index (Phi) is 6.89. The van der Waals surface area contributed by atoms with E-state index in [9.17, 15) is 9.18 Å². The van der Waals surface area contributed by atoms with Crippen molar-refractivity contribution in [2.45, 2.75) is 12.8 Å². The Labute approximate surface area is 140 Å². The number of hydrogen-bond acceptors (Lipinski definition) is 3. The molecule has 0 bridgehead atoms. The molecule has 5 nitrogen and oxygen atoms in total. The third-order valence-corrected chi connectivity index (χ3v) is 3.29. The lowest BCUT2D eigenvalue weighted by Gasteiger charge is -2.11. The minimum Gasteiger partial charge on any atom is -0.495 e. The quantitative estimate of drug-likeness (QED) is 0.723. The van der Waals surface area contributed by atoms with E-state index in [0.717, 1.165) is 12.8 Å². The van der Waals surface area contributed by atoms with Gasteiger partial charge in [0.1, 0.15) is 17.3 Å². The first-order valence-corrected chi connectivity index (χ1v) is 7.75. The molecule has 0 unspecified atom stereocenters. The third kappa shape index (κ3) is 5.79. The smallest absolute Gasteiger partial charge is 0.319 e. The molecule has 0 radical (unpaired) electrons. The maximum atomic E-state index is 12.7. The van der Waals surface area contributed by atoms with Crippen LogP contribution in [0.15, 0.2) is 48.5 Å². The fourth-order valence-electron chi connectivity index (χ4n) is 2.06. The fraction of sp³-hybridized carbons (Fsp3) is 0.278. The summed E-state index contributed by atoms with van der Waals surface area (Å²) in [7, 11) is 1.56. The van der Waals surface area contributed by atoms with Crippen LogP contribution in [0.1, 0.15) is 12.8 Å². The first kappa shape index (κ1) is 17.6. The second-order valence-electron chi connectivity index (χ2n) is 5.09. The number of ether oxygens (including phenoxy) is 2. The van der Waals surface area contributed by atoms with Crippen molar-refractivity contribution in [1.82, 2.24) is 5.32 Å². The zero-order chi connectivity index (χ0) is 17.2. The Morgan fingerprint density at radius 2 is 1.83 bits per heavy atom. The second-order valence-corrected chi connectivity index (χ2v) is 5.09. The van der Waals surface area contributed by atoms with Gasteiger partial charge < -0.3 is 20.1 Å². The van der Waals surface area contributed by atoms with E-state index in [1.54, 1.807) is 31.4 Å². The summed E-state index contributed by atoms with van der Waals surface area (Å²) in [4.78, 5) is 11.8. The first-order valence-electron chi connectivity index (χ1n) is 7.75. The number of rotatable bonds is 8. The van der Waals surface area contributed by atoms with Gasteiger partial charge in [-0.05, 0) is 49.2 Å². The van der Waals surface area contributed by atoms with Gasteiger partial charge in [-0.2, -0.15) is 0 Å². The zero-order valence-electron chi connectivity index (χ0n) is 13.5. The molecule has 0 heterocycles. The molecule has 0 aromatic heterocycles. The van der Waals surface area contributed by atoms with E-state index in [-0.39, 0.29) is 11.8 Å². The maximum absolute atomic E-state index is 12.7. The molecule has 0 aliphatic rings. The molecule has 0 saturated carbocycles. The minimum atomic E-state index is -0.285. The van der Waals surface area contributed by atoms with Gasteiger partial charge in [-0.25, -0.2) is 9.18 Å². The summed E-state index contributed by atoms with van der Waals surface area (Å²) in [5.74, 6) is 0.964. The Balaban J connectivity index is 1.60. The molecule has 0 spiro atoms. The number of benzene rings is 2. The van der Waals surface area contributed by atoms with Crippen molar-refractivity contribution in [3.05, 3.63) is 54.3 Å². The van der Waals surface area contributed by atoms with Gasteiger partial charge in [0.25, 0.3) is 0 Å². The Hall–Kier alpha value is -2.76. The van der Waals surface area contributed by atoms with Gasteiger partial charge in [-0.3, -0.25) is 0 Å². The van der Waals surface area contributed by atoms with Crippen LogP contribution in [-0.4, -0.2) is 26.3 Å². The highest BCUT2D eigenvalue weighted by Gasteiger charge is 2.05. The van der Waals surface area contributed by atoms with Crippen molar-refractivity contribution in [2.24, 2.45) is 0 Å². The summed E-state index contributed by atoms with van der Waals surface area (Å²) < 4.78 is 23.4. The number of amides is 2. The number of methoxy groups -OCH3 is 1. The first-order chi connectivity index (χ1) is 11.7. The lowest BCUT2D eigenvalue weighted by molar-refractivity contribution is 0.251. The molecule has 0 fully saturated rings. The van der Waals surface area contributed by atoms with Crippen LogP contribution in [0.5, 0.6) is 11.5 Å². The normalized spacial score (nSPS) is 10.1. The molecule has 24 heavy (non-hydrogen) atoms. The number of carbonyl (C=O) groups is 1. The van der Waals surface area contributed by atoms with Gasteiger partial charge in [0, 0.05) is 6.54 Å². The van der Waals surface area contributed by atoms with E-state index < -0.39 is 0 Å². The molecule has 128 valence electrons. The van der Waals surface area contributed by atoms with Crippen molar-refractivity contribution in [1.29, 1.82) is 0 Å². The molecule has 2 rings (SSSR count). The van der Waals surface area contributed by atoms with Crippen LogP contribution >= 0.6 is 0 Å². The van der Waals surface area contributed by atoms with Crippen LogP contribution in [-0.2, 0) is 0 Å². The summed E-state index contributed by atoms with van der Waals surface area (Å²) in [6.45, 7) is 1.05. The number of urea groups is 1. The standard InChI is InChI=1S/C18H21FN2O3/c1-23-17-7-3-2-6-16(17)21-18(22)20-12-4-5-13-24-15-10-8-14(19)9-11-15/h2-3,6-11H,4-5,12-13H2,1H3,(H2,20,21,22). The highest BCUT2D eigenvalue weighted by Crippen LogP contribution is 2.22. The predicted molar refractivity (Wildman–Crippen MR) is 91.1 cm³/mol. The topological polar surface area (TPSA) is 59.6 Å². The average molecular weight is 332 g/mol. The minimum absolute atomic E-state index is 0.279. The van der Waals surface area contributed by atoms with Crippen LogP contribution in [0.3, 0.4) is 0 Å². The van der Waals surface area contributed by atoms with E-state index in [2.05, 4.69) is 10.6 Å². The molecule has 6 heteroatoms. The highest BCUT2D eigenvalue weighted by molar-refractivity contribution is 5.90. The number of unbranched alkanes of at least 4 members (excludes halogenated alkanes) is 1. The predicted octanol–water partition coefficient (Wildman–Crippen LogP) is 3.82. The van der Waals surface area contributed by atoms with E-state index in [4.69, 9.17) is 9.47 Å². The number of hydrogen-bond donors (Lipinski definition) is 2. The number of para-hydroxylation sites is 2. The Bertz CT molecular complexity index is 647. The zero-order valence-corrected chi connectivity index (χ0v) is 13.5. The van der Waals surface area contributed by atoms with Crippen LogP contribution in [0, 0.1) is 5.82 Å². The molecule has 0 saturated heterocycles. The third-order valence-electron chi connectivity index (χ3n) is 3.29. The molecule has 2 aromatic rings. The van der Waals surface area contributed by atoms with Gasteiger partial charge in [0.2, 0.25) is 0 Å². The van der Waals surface area contributed by atoms with Gasteiger partial charge in [-0.15, -0.1) is 0 Å². The molecular formula is C18H21FN2O3. The maximum Gasteiger partial charge on any atom is 0.319 e. The van der Waals surface area contributed by atoms with Crippen molar-refractivity contribution in [2.75, 3.05) is 25.6 Å². The van der Waals surface area contributed by atoms with Crippen LogP contribution in [0.2, 0.25) is 0 Å². The van der Waals surface area contributed by atoms with Gasteiger partial charge >= 0.3 is 6.03 Å². The molecule has 2 amide bonds. The summed E-state index contributed by atoms with van der Waals surface area (Å²) in [6, 6.07) is 12.8. The Morgan fingerprint density at radius 3 is 2.58 bits per heavy atom. The van der Waals surface area contributed by atoms with E-state index in [1.165, 1.54) is 12.1 Å². The van der Waals surface area contributed by atoms with Crippen molar-refractivity contribution >= 4 is 11.7 Å². The van der Waals surface area contributed by atoms with Crippen molar-refractivity contribution in [3.63, 3.8) is 0 Å². The summed E-state index contributed by atoms with van der Waals surface area (Å²) in [6.07, 6.45) is 1.56. The number of nitrogens with one attached hydrogen (secondary N) is 2. The van der Waals surface area contributed by atoms with E-state index >= 15 is 0 Å². The van der Waals surface area contributed by atoms with Crippen molar-refractivity contribution in [3.8, 4) is 11.5 Å². The number of anilines is 1. The SMILES string of the molecule is COc1ccccc1NC(=O)NCCCCOc1ccc(F)cc1. The number of carbonyl (C=O) groups excluding carboxylic acids is 1. The summed E-state index contributed by atoms with van der Waals surface area (Å²) >= 11 is 0. The lowest BCUT2D eigenvalue weighted by atomic mass is 10.3. The molecule has 2 N–H and O–H groups in total. The van der Waals surface area contributed by atoms with Gasteiger partial charge in [0.15, 0.2) is 0 Å². The van der Waals surface area contributed by atoms with E-state index in [0.29, 0.717) is 30.3 Å². The van der Waals surface area contributed by atoms with E-state index in [1.807, 2.05) is 12.1 Å². The lowest BCUT2D eigenvalue weighted by Crippen LogP contribution is -2.29. The van der Waals surface area contributed by atoms with Gasteiger partial charge in [-0.1, -0.05) is 12.1 Å². The molecule has 0 atom stereocenters. The summed E-state index contributed by atoms with van der Waals surface area (Å²) in [5.41, 5.74) is 0.622.